The largest absolute Gasteiger partial charge is 0.481 e. The minimum absolute atomic E-state index is 0.0726. The Bertz CT molecular complexity index is 1410. The molecule has 1 aliphatic rings. The van der Waals surface area contributed by atoms with E-state index < -0.39 is 38.3 Å². The lowest BCUT2D eigenvalue weighted by Gasteiger charge is -2.30. The lowest BCUT2D eigenvalue weighted by atomic mass is 9.93. The molecule has 0 spiro atoms. The summed E-state index contributed by atoms with van der Waals surface area (Å²) in [5.41, 5.74) is 0.628. The molecule has 2 aromatic carbocycles. The number of fused-ring (bicyclic) bond motifs is 1. The van der Waals surface area contributed by atoms with Crippen LogP contribution in [0, 0.1) is 5.82 Å². The number of alkyl halides is 3. The van der Waals surface area contributed by atoms with E-state index in [1.807, 2.05) is 0 Å². The first kappa shape index (κ1) is 27.1. The van der Waals surface area contributed by atoms with Gasteiger partial charge in [-0.05, 0) is 80.7 Å². The summed E-state index contributed by atoms with van der Waals surface area (Å²) in [6.07, 6.45) is -1.05. The lowest BCUT2D eigenvalue weighted by molar-refractivity contribution is -0.138. The molecule has 0 aliphatic heterocycles. The highest BCUT2D eigenvalue weighted by Crippen LogP contribution is 2.41. The third kappa shape index (κ3) is 5.99. The molecule has 0 amide bonds. The monoisotopic (exact) mass is 557 g/mol. The SMILES string of the molecule is CN(Sc1cc(C(F)(F)F)cc(S(=O)(=O)c2ccc(F)cc2)c1)[C@@H]1CCCc2c1cnn2CCC(=O)O. The number of aromatic nitrogens is 2. The second-order valence-corrected chi connectivity index (χ2v) is 11.8. The van der Waals surface area contributed by atoms with Crippen molar-refractivity contribution in [3.8, 4) is 0 Å². The van der Waals surface area contributed by atoms with Crippen LogP contribution in [0.5, 0.6) is 0 Å². The van der Waals surface area contributed by atoms with Crippen LogP contribution in [0.3, 0.4) is 0 Å². The molecule has 1 N–H and O–H groups in total. The van der Waals surface area contributed by atoms with Crippen LogP contribution in [-0.2, 0) is 33.8 Å². The summed E-state index contributed by atoms with van der Waals surface area (Å²) in [4.78, 5) is 10.2. The van der Waals surface area contributed by atoms with E-state index in [9.17, 15) is 30.8 Å². The van der Waals surface area contributed by atoms with Crippen molar-refractivity contribution in [1.29, 1.82) is 0 Å². The van der Waals surface area contributed by atoms with Gasteiger partial charge in [-0.3, -0.25) is 9.48 Å². The summed E-state index contributed by atoms with van der Waals surface area (Å²) in [6.45, 7) is 0.215. The number of rotatable bonds is 8. The molecule has 37 heavy (non-hydrogen) atoms. The van der Waals surface area contributed by atoms with Crippen molar-refractivity contribution in [3.05, 3.63) is 71.3 Å². The molecule has 3 aromatic rings. The van der Waals surface area contributed by atoms with E-state index in [0.29, 0.717) is 18.9 Å². The molecule has 1 aliphatic carbocycles. The van der Waals surface area contributed by atoms with E-state index in [4.69, 9.17) is 5.11 Å². The van der Waals surface area contributed by atoms with Crippen molar-refractivity contribution in [1.82, 2.24) is 14.1 Å². The quantitative estimate of drug-likeness (QED) is 0.226. The van der Waals surface area contributed by atoms with Gasteiger partial charge in [-0.1, -0.05) is 0 Å². The van der Waals surface area contributed by atoms with Crippen molar-refractivity contribution in [2.24, 2.45) is 0 Å². The molecule has 4 rings (SSSR count). The summed E-state index contributed by atoms with van der Waals surface area (Å²) in [6, 6.07) is 6.31. The number of hydrogen-bond acceptors (Lipinski definition) is 6. The summed E-state index contributed by atoms with van der Waals surface area (Å²) in [5, 5.41) is 13.3. The first-order valence-electron chi connectivity index (χ1n) is 11.3. The Kier molecular flexibility index (Phi) is 7.67. The maximum atomic E-state index is 13.7. The van der Waals surface area contributed by atoms with Crippen LogP contribution in [0.1, 0.15) is 42.1 Å². The highest BCUT2D eigenvalue weighted by molar-refractivity contribution is 7.97. The molecule has 0 radical (unpaired) electrons. The van der Waals surface area contributed by atoms with Crippen LogP contribution >= 0.6 is 11.9 Å². The fourth-order valence-electron chi connectivity index (χ4n) is 4.29. The predicted molar refractivity (Wildman–Crippen MR) is 127 cm³/mol. The van der Waals surface area contributed by atoms with Gasteiger partial charge in [0.2, 0.25) is 9.84 Å². The van der Waals surface area contributed by atoms with Gasteiger partial charge in [0.1, 0.15) is 5.82 Å². The van der Waals surface area contributed by atoms with Gasteiger partial charge in [0.25, 0.3) is 0 Å². The van der Waals surface area contributed by atoms with E-state index in [1.54, 1.807) is 22.2 Å². The zero-order chi connectivity index (χ0) is 27.0. The van der Waals surface area contributed by atoms with E-state index >= 15 is 0 Å². The average molecular weight is 558 g/mol. The average Bonchev–Trinajstić information content (AvgIpc) is 3.25. The van der Waals surface area contributed by atoms with E-state index in [1.165, 1.54) is 6.07 Å². The van der Waals surface area contributed by atoms with Gasteiger partial charge in [-0.15, -0.1) is 0 Å². The Morgan fingerprint density at radius 3 is 2.54 bits per heavy atom. The van der Waals surface area contributed by atoms with E-state index in [-0.39, 0.29) is 28.8 Å². The predicted octanol–water partition coefficient (Wildman–Crippen LogP) is 5.37. The zero-order valence-corrected chi connectivity index (χ0v) is 21.2. The highest BCUT2D eigenvalue weighted by atomic mass is 32.2. The summed E-state index contributed by atoms with van der Waals surface area (Å²) in [5.74, 6) is -1.61. The van der Waals surface area contributed by atoms with Crippen LogP contribution in [0.2, 0.25) is 0 Å². The molecular weight excluding hydrogens is 534 g/mol. The number of hydrogen-bond donors (Lipinski definition) is 1. The van der Waals surface area contributed by atoms with Gasteiger partial charge in [-0.2, -0.15) is 18.3 Å². The van der Waals surface area contributed by atoms with E-state index in [2.05, 4.69) is 5.10 Å². The minimum atomic E-state index is -4.79. The molecule has 1 heterocycles. The van der Waals surface area contributed by atoms with Crippen molar-refractivity contribution in [2.75, 3.05) is 7.05 Å². The Hall–Kier alpha value is -2.90. The number of carbonyl (C=O) groups is 1. The first-order chi connectivity index (χ1) is 17.4. The van der Waals surface area contributed by atoms with Gasteiger partial charge >= 0.3 is 12.1 Å². The number of aliphatic carboxylic acids is 1. The first-order valence-corrected chi connectivity index (χ1v) is 13.5. The number of benzene rings is 2. The third-order valence-electron chi connectivity index (χ3n) is 6.10. The van der Waals surface area contributed by atoms with Crippen LogP contribution in [-0.4, -0.2) is 40.6 Å². The van der Waals surface area contributed by atoms with Crippen molar-refractivity contribution < 1.29 is 35.9 Å². The van der Waals surface area contributed by atoms with Crippen LogP contribution in [0.25, 0.3) is 0 Å². The van der Waals surface area contributed by atoms with Crippen LogP contribution in [0.15, 0.2) is 63.3 Å². The number of carboxylic acid groups (broad SMARTS) is 1. The summed E-state index contributed by atoms with van der Waals surface area (Å²) >= 11 is 0.977. The standard InChI is InChI=1S/C24H23F4N3O4S2/c1-30(21-3-2-4-22-20(21)14-29-31(22)10-9-23(32)33)36-17-11-15(24(26,27)28)12-19(13-17)37(34,35)18-7-5-16(25)6-8-18/h5-8,11-14,21H,2-4,9-10H2,1H3,(H,32,33)/t21-/m1/s1. The smallest absolute Gasteiger partial charge is 0.416 e. The van der Waals surface area contributed by atoms with Crippen LogP contribution in [0.4, 0.5) is 17.6 Å². The molecule has 0 bridgehead atoms. The Morgan fingerprint density at radius 2 is 1.89 bits per heavy atom. The zero-order valence-electron chi connectivity index (χ0n) is 19.6. The topological polar surface area (TPSA) is 92.5 Å². The third-order valence-corrected chi connectivity index (χ3v) is 8.84. The molecule has 0 saturated heterocycles. The van der Waals surface area contributed by atoms with Gasteiger partial charge in [-0.25, -0.2) is 17.1 Å². The fraction of sp³-hybridized carbons (Fsp3) is 0.333. The van der Waals surface area contributed by atoms with Crippen molar-refractivity contribution in [2.45, 2.75) is 59.1 Å². The molecule has 13 heteroatoms. The van der Waals surface area contributed by atoms with Gasteiger partial charge < -0.3 is 5.11 Å². The fourth-order valence-corrected chi connectivity index (χ4v) is 6.73. The Morgan fingerprint density at radius 1 is 1.19 bits per heavy atom. The Balaban J connectivity index is 1.65. The molecule has 198 valence electrons. The summed E-state index contributed by atoms with van der Waals surface area (Å²) < 4.78 is 83.9. The number of sulfone groups is 1. The Labute approximate surface area is 215 Å². The number of carboxylic acids is 1. The van der Waals surface area contributed by atoms with Crippen molar-refractivity contribution >= 4 is 27.8 Å². The molecule has 7 nitrogen and oxygen atoms in total. The van der Waals surface area contributed by atoms with Gasteiger partial charge in [0.05, 0.1) is 34.5 Å². The molecule has 1 atom stereocenters. The minimum Gasteiger partial charge on any atom is -0.481 e. The maximum absolute atomic E-state index is 13.7. The highest BCUT2D eigenvalue weighted by Gasteiger charge is 2.34. The second-order valence-electron chi connectivity index (χ2n) is 8.61. The van der Waals surface area contributed by atoms with Crippen molar-refractivity contribution in [3.63, 3.8) is 0 Å². The molecule has 0 fully saturated rings. The molecule has 0 unspecified atom stereocenters. The van der Waals surface area contributed by atoms with E-state index in [0.717, 1.165) is 60.0 Å². The number of nitrogens with zero attached hydrogens (tertiary/aromatic N) is 3. The maximum Gasteiger partial charge on any atom is 0.416 e. The lowest BCUT2D eigenvalue weighted by Crippen LogP contribution is -2.23. The number of halogens is 4. The van der Waals surface area contributed by atoms with Gasteiger partial charge in [0, 0.05) is 22.2 Å². The number of aryl methyl sites for hydroxylation is 1. The second kappa shape index (κ2) is 10.5. The summed E-state index contributed by atoms with van der Waals surface area (Å²) in [7, 11) is -2.64. The normalized spacial score (nSPS) is 16.1. The molecule has 0 saturated carbocycles. The van der Waals surface area contributed by atoms with Crippen LogP contribution < -0.4 is 0 Å². The molecule has 1 aromatic heterocycles. The molecular formula is C24H23F4N3O4S2. The van der Waals surface area contributed by atoms with Gasteiger partial charge in [0.15, 0.2) is 0 Å².